The highest BCUT2D eigenvalue weighted by Crippen LogP contribution is 2.63. The molecule has 0 radical (unpaired) electrons. The number of fused-ring (bicyclic) bond motifs is 13. The monoisotopic (exact) mass is 607 g/mol. The Morgan fingerprint density at radius 2 is 1.07 bits per heavy atom. The van der Waals surface area contributed by atoms with Crippen LogP contribution in [0.5, 0.6) is 0 Å². The third-order valence-corrected chi connectivity index (χ3v) is 10.2. The number of nitrogens with zero attached hydrogens (tertiary/aromatic N) is 1. The predicted molar refractivity (Wildman–Crippen MR) is 190 cm³/mol. The number of benzene rings is 7. The maximum Gasteiger partial charge on any atom is 0.159 e. The van der Waals surface area contributed by atoms with Gasteiger partial charge in [0, 0.05) is 27.2 Å². The molecule has 2 aliphatic carbocycles. The molecule has 2 aliphatic rings. The van der Waals surface area contributed by atoms with E-state index in [1.165, 1.54) is 44.5 Å². The zero-order valence-corrected chi connectivity index (χ0v) is 25.5. The van der Waals surface area contributed by atoms with Gasteiger partial charge in [0.2, 0.25) is 0 Å². The average molecular weight is 608 g/mol. The molecule has 46 heavy (non-hydrogen) atoms. The minimum atomic E-state index is -0.494. The second-order valence-corrected chi connectivity index (χ2v) is 12.6. The van der Waals surface area contributed by atoms with E-state index in [9.17, 15) is 0 Å². The lowest BCUT2D eigenvalue weighted by atomic mass is 9.70. The smallest absolute Gasteiger partial charge is 0.159 e. The fourth-order valence-electron chi connectivity index (χ4n) is 8.15. The summed E-state index contributed by atoms with van der Waals surface area (Å²) < 4.78 is 6.59. The van der Waals surface area contributed by atoms with Gasteiger partial charge in [-0.25, -0.2) is 0 Å². The van der Waals surface area contributed by atoms with Crippen LogP contribution in [0.2, 0.25) is 5.02 Å². The van der Waals surface area contributed by atoms with Crippen LogP contribution in [0.1, 0.15) is 22.3 Å². The molecule has 1 aromatic heterocycles. The van der Waals surface area contributed by atoms with Crippen LogP contribution < -0.4 is 4.90 Å². The molecule has 0 amide bonds. The average Bonchev–Trinajstić information content (AvgIpc) is 3.73. The van der Waals surface area contributed by atoms with E-state index in [0.29, 0.717) is 0 Å². The molecular formula is C43H26ClNO. The first-order chi connectivity index (χ1) is 22.7. The molecule has 8 aromatic rings. The van der Waals surface area contributed by atoms with Gasteiger partial charge in [0.1, 0.15) is 5.58 Å². The summed E-state index contributed by atoms with van der Waals surface area (Å²) in [5, 5.41) is 2.97. The van der Waals surface area contributed by atoms with Crippen molar-refractivity contribution in [3.63, 3.8) is 0 Å². The van der Waals surface area contributed by atoms with Gasteiger partial charge in [-0.3, -0.25) is 0 Å². The summed E-state index contributed by atoms with van der Waals surface area (Å²) in [5.41, 5.74) is 14.5. The van der Waals surface area contributed by atoms with E-state index >= 15 is 0 Å². The molecule has 1 spiro atoms. The molecule has 0 saturated heterocycles. The number of rotatable bonds is 3. The van der Waals surface area contributed by atoms with Gasteiger partial charge < -0.3 is 9.32 Å². The minimum absolute atomic E-state index is 0.494. The first-order valence-electron chi connectivity index (χ1n) is 15.6. The van der Waals surface area contributed by atoms with E-state index in [-0.39, 0.29) is 0 Å². The van der Waals surface area contributed by atoms with Crippen LogP contribution in [0.3, 0.4) is 0 Å². The van der Waals surface area contributed by atoms with Crippen molar-refractivity contribution < 1.29 is 4.42 Å². The van der Waals surface area contributed by atoms with Crippen LogP contribution in [-0.4, -0.2) is 0 Å². The summed E-state index contributed by atoms with van der Waals surface area (Å²) in [7, 11) is 0. The number of halogens is 1. The van der Waals surface area contributed by atoms with E-state index in [2.05, 4.69) is 144 Å². The van der Waals surface area contributed by atoms with E-state index in [1.807, 2.05) is 18.2 Å². The molecule has 0 aliphatic heterocycles. The van der Waals surface area contributed by atoms with Crippen LogP contribution in [-0.2, 0) is 5.41 Å². The Morgan fingerprint density at radius 1 is 0.457 bits per heavy atom. The van der Waals surface area contributed by atoms with Crippen LogP contribution in [0.4, 0.5) is 17.1 Å². The Bertz CT molecular complexity index is 2500. The van der Waals surface area contributed by atoms with Gasteiger partial charge in [0.05, 0.1) is 11.1 Å². The maximum absolute atomic E-state index is 6.79. The van der Waals surface area contributed by atoms with Gasteiger partial charge in [0.15, 0.2) is 5.58 Å². The second kappa shape index (κ2) is 9.47. The molecule has 3 heteroatoms. The summed E-state index contributed by atoms with van der Waals surface area (Å²) in [6.07, 6.45) is 0. The Labute approximate surface area is 271 Å². The molecule has 10 rings (SSSR count). The largest absolute Gasteiger partial charge is 0.454 e. The molecule has 0 N–H and O–H groups in total. The van der Waals surface area contributed by atoms with Gasteiger partial charge in [0.25, 0.3) is 0 Å². The van der Waals surface area contributed by atoms with E-state index in [4.69, 9.17) is 16.0 Å². The molecule has 0 bridgehead atoms. The highest BCUT2D eigenvalue weighted by atomic mass is 35.5. The van der Waals surface area contributed by atoms with Crippen molar-refractivity contribution in [3.05, 3.63) is 185 Å². The zero-order valence-electron chi connectivity index (χ0n) is 24.7. The van der Waals surface area contributed by atoms with Crippen LogP contribution in [0.25, 0.3) is 44.2 Å². The normalized spacial score (nSPS) is 15.6. The lowest BCUT2D eigenvalue weighted by Gasteiger charge is -2.32. The molecule has 216 valence electrons. The predicted octanol–water partition coefficient (Wildman–Crippen LogP) is 12.1. The zero-order chi connectivity index (χ0) is 30.4. The first kappa shape index (κ1) is 25.7. The molecule has 1 unspecified atom stereocenters. The summed E-state index contributed by atoms with van der Waals surface area (Å²) >= 11 is 6.79. The minimum Gasteiger partial charge on any atom is -0.454 e. The van der Waals surface area contributed by atoms with Crippen molar-refractivity contribution in [2.75, 3.05) is 4.90 Å². The van der Waals surface area contributed by atoms with Gasteiger partial charge in [-0.2, -0.15) is 0 Å². The Morgan fingerprint density at radius 3 is 1.85 bits per heavy atom. The number of furan rings is 1. The number of hydrogen-bond donors (Lipinski definition) is 0. The molecule has 7 aromatic carbocycles. The Kier molecular flexibility index (Phi) is 5.29. The fraction of sp³-hybridized carbons (Fsp3) is 0.0233. The van der Waals surface area contributed by atoms with Gasteiger partial charge in [-0.1, -0.05) is 121 Å². The van der Waals surface area contributed by atoms with E-state index in [1.54, 1.807) is 0 Å². The van der Waals surface area contributed by atoms with Crippen LogP contribution in [0, 0.1) is 0 Å². The summed E-state index contributed by atoms with van der Waals surface area (Å²) in [6, 6.07) is 56.4. The lowest BCUT2D eigenvalue weighted by Crippen LogP contribution is -2.26. The number of anilines is 3. The summed E-state index contributed by atoms with van der Waals surface area (Å²) in [6.45, 7) is 0. The fourth-order valence-corrected chi connectivity index (χ4v) is 8.32. The molecule has 2 nitrogen and oxygen atoms in total. The molecule has 1 heterocycles. The van der Waals surface area contributed by atoms with Crippen LogP contribution in [0.15, 0.2) is 162 Å². The second-order valence-electron chi connectivity index (χ2n) is 12.2. The molecular weight excluding hydrogens is 582 g/mol. The lowest BCUT2D eigenvalue weighted by molar-refractivity contribution is 0.669. The number of para-hydroxylation sites is 3. The standard InChI is InChI=1S/C43H26ClNO/c44-27-21-23-32-30-13-4-7-17-36(30)43(38(32)25-27)37-18-8-5-14-31(37)33-24-22-29(26-39(33)43)45(28-11-2-1-3-12-28)40-19-10-16-35-34-15-6-9-20-41(34)46-42(35)40/h1-26H. The summed E-state index contributed by atoms with van der Waals surface area (Å²) in [5.74, 6) is 0. The summed E-state index contributed by atoms with van der Waals surface area (Å²) in [4.78, 5) is 2.33. The maximum atomic E-state index is 6.79. The highest BCUT2D eigenvalue weighted by Gasteiger charge is 2.51. The van der Waals surface area contributed by atoms with Crippen molar-refractivity contribution in [2.45, 2.75) is 5.41 Å². The SMILES string of the molecule is Clc1ccc2c(c1)C1(c3ccccc3-2)c2ccccc2-c2ccc(N(c3ccccc3)c3cccc4c3oc3ccccc34)cc21. The van der Waals surface area contributed by atoms with Gasteiger partial charge in [-0.05, 0) is 93.0 Å². The van der Waals surface area contributed by atoms with E-state index in [0.717, 1.165) is 44.0 Å². The van der Waals surface area contributed by atoms with Crippen molar-refractivity contribution in [1.82, 2.24) is 0 Å². The van der Waals surface area contributed by atoms with Crippen molar-refractivity contribution >= 4 is 50.6 Å². The first-order valence-corrected chi connectivity index (χ1v) is 16.0. The molecule has 0 fully saturated rings. The van der Waals surface area contributed by atoms with Gasteiger partial charge in [-0.15, -0.1) is 0 Å². The third-order valence-electron chi connectivity index (χ3n) is 9.93. The van der Waals surface area contributed by atoms with Crippen molar-refractivity contribution in [2.24, 2.45) is 0 Å². The van der Waals surface area contributed by atoms with Crippen LogP contribution >= 0.6 is 11.6 Å². The van der Waals surface area contributed by atoms with Crippen molar-refractivity contribution in [1.29, 1.82) is 0 Å². The Hall–Kier alpha value is -5.57. The van der Waals surface area contributed by atoms with E-state index < -0.39 is 5.41 Å². The van der Waals surface area contributed by atoms with Crippen molar-refractivity contribution in [3.8, 4) is 22.3 Å². The van der Waals surface area contributed by atoms with Gasteiger partial charge >= 0.3 is 0 Å². The highest BCUT2D eigenvalue weighted by molar-refractivity contribution is 6.30. The quantitative estimate of drug-likeness (QED) is 0.199. The Balaban J connectivity index is 1.29. The topological polar surface area (TPSA) is 16.4 Å². The molecule has 0 saturated carbocycles. The number of hydrogen-bond acceptors (Lipinski definition) is 2. The third kappa shape index (κ3) is 3.32. The molecule has 1 atom stereocenters.